The molecule has 0 radical (unpaired) electrons. The zero-order valence-electron chi connectivity index (χ0n) is 7.82. The number of carbonyl (C=O) groups excluding carboxylic acids is 2. The van der Waals surface area contributed by atoms with Crippen molar-refractivity contribution in [3.63, 3.8) is 0 Å². The molecule has 1 aliphatic rings. The van der Waals surface area contributed by atoms with Gasteiger partial charge < -0.3 is 5.11 Å². The predicted octanol–water partition coefficient (Wildman–Crippen LogP) is 0.296. The lowest BCUT2D eigenvalue weighted by Crippen LogP contribution is -2.30. The fourth-order valence-electron chi connectivity index (χ4n) is 1.42. The summed E-state index contributed by atoms with van der Waals surface area (Å²) in [4.78, 5) is 23.5. The summed E-state index contributed by atoms with van der Waals surface area (Å²) >= 11 is 0. The summed E-state index contributed by atoms with van der Waals surface area (Å²) in [5, 5.41) is 8.97. The molecule has 74 valence electrons. The Balaban J connectivity index is 2.27. The first-order valence-corrected chi connectivity index (χ1v) is 4.62. The molecule has 1 heterocycles. The fourth-order valence-corrected chi connectivity index (χ4v) is 1.42. The monoisotopic (exact) mass is 185 g/mol. The second-order valence-corrected chi connectivity index (χ2v) is 3.43. The van der Waals surface area contributed by atoms with Crippen molar-refractivity contribution in [1.82, 2.24) is 4.90 Å². The summed E-state index contributed by atoms with van der Waals surface area (Å²) in [5.41, 5.74) is 0. The molecule has 0 saturated carbocycles. The van der Waals surface area contributed by atoms with E-state index in [1.807, 2.05) is 0 Å². The number of imide groups is 1. The first-order chi connectivity index (χ1) is 6.11. The van der Waals surface area contributed by atoms with Gasteiger partial charge in [-0.25, -0.2) is 0 Å². The van der Waals surface area contributed by atoms with Crippen molar-refractivity contribution in [3.05, 3.63) is 0 Å². The van der Waals surface area contributed by atoms with E-state index in [-0.39, 0.29) is 17.9 Å². The van der Waals surface area contributed by atoms with Crippen molar-refractivity contribution < 1.29 is 14.7 Å². The van der Waals surface area contributed by atoms with Crippen molar-refractivity contribution in [2.24, 2.45) is 0 Å². The maximum atomic E-state index is 11.1. The molecule has 0 aliphatic carbocycles. The number of hydrogen-bond donors (Lipinski definition) is 1. The molecule has 0 aromatic carbocycles. The third-order valence-electron chi connectivity index (χ3n) is 2.16. The average Bonchev–Trinajstić information content (AvgIpc) is 2.34. The van der Waals surface area contributed by atoms with E-state index in [1.165, 1.54) is 4.90 Å². The molecule has 13 heavy (non-hydrogen) atoms. The number of nitrogens with zero attached hydrogens (tertiary/aromatic N) is 1. The Morgan fingerprint density at radius 3 is 2.38 bits per heavy atom. The van der Waals surface area contributed by atoms with E-state index in [4.69, 9.17) is 5.11 Å². The van der Waals surface area contributed by atoms with Crippen LogP contribution in [0.15, 0.2) is 0 Å². The molecule has 1 atom stereocenters. The zero-order chi connectivity index (χ0) is 9.84. The third-order valence-corrected chi connectivity index (χ3v) is 2.16. The Hall–Kier alpha value is -0.900. The van der Waals surface area contributed by atoms with Crippen LogP contribution in [0.25, 0.3) is 0 Å². The number of aliphatic hydroxyl groups excluding tert-OH is 1. The molecule has 1 N–H and O–H groups in total. The Morgan fingerprint density at radius 1 is 1.38 bits per heavy atom. The van der Waals surface area contributed by atoms with E-state index in [0.29, 0.717) is 32.2 Å². The molecule has 1 rings (SSSR count). The Morgan fingerprint density at radius 2 is 1.92 bits per heavy atom. The molecule has 0 spiro atoms. The lowest BCUT2D eigenvalue weighted by molar-refractivity contribution is -0.138. The van der Waals surface area contributed by atoms with Gasteiger partial charge in [0.2, 0.25) is 11.8 Å². The molecular formula is C9H15NO3. The standard InChI is InChI=1S/C9H15NO3/c1-7(11)3-2-6-10-8(12)4-5-9(10)13/h7,11H,2-6H2,1H3. The van der Waals surface area contributed by atoms with Gasteiger partial charge in [0.15, 0.2) is 0 Å². The van der Waals surface area contributed by atoms with Crippen LogP contribution >= 0.6 is 0 Å². The molecule has 1 unspecified atom stereocenters. The average molecular weight is 185 g/mol. The van der Waals surface area contributed by atoms with Crippen molar-refractivity contribution in [3.8, 4) is 0 Å². The van der Waals surface area contributed by atoms with E-state index in [2.05, 4.69) is 0 Å². The maximum Gasteiger partial charge on any atom is 0.229 e. The molecule has 4 heteroatoms. The molecule has 0 aromatic rings. The maximum absolute atomic E-state index is 11.1. The second-order valence-electron chi connectivity index (χ2n) is 3.43. The van der Waals surface area contributed by atoms with Crippen LogP contribution in [0.4, 0.5) is 0 Å². The summed E-state index contributed by atoms with van der Waals surface area (Å²) in [7, 11) is 0. The van der Waals surface area contributed by atoms with E-state index in [9.17, 15) is 9.59 Å². The van der Waals surface area contributed by atoms with E-state index >= 15 is 0 Å². The summed E-state index contributed by atoms with van der Waals surface area (Å²) in [6.07, 6.45) is 1.68. The Bertz CT molecular complexity index is 197. The Kier molecular flexibility index (Phi) is 3.42. The lowest BCUT2D eigenvalue weighted by atomic mass is 10.2. The predicted molar refractivity (Wildman–Crippen MR) is 46.9 cm³/mol. The van der Waals surface area contributed by atoms with Crippen LogP contribution in [0.3, 0.4) is 0 Å². The van der Waals surface area contributed by atoms with Gasteiger partial charge in [-0.15, -0.1) is 0 Å². The van der Waals surface area contributed by atoms with Crippen molar-refractivity contribution in [1.29, 1.82) is 0 Å². The third kappa shape index (κ3) is 2.81. The van der Waals surface area contributed by atoms with E-state index < -0.39 is 0 Å². The van der Waals surface area contributed by atoms with E-state index in [1.54, 1.807) is 6.92 Å². The smallest absolute Gasteiger partial charge is 0.229 e. The first kappa shape index (κ1) is 10.2. The molecule has 0 aromatic heterocycles. The number of likely N-dealkylation sites (tertiary alicyclic amines) is 1. The summed E-state index contributed by atoms with van der Waals surface area (Å²) in [6.45, 7) is 2.16. The second kappa shape index (κ2) is 4.37. The van der Waals surface area contributed by atoms with Gasteiger partial charge in [-0.1, -0.05) is 0 Å². The van der Waals surface area contributed by atoms with Gasteiger partial charge in [-0.3, -0.25) is 14.5 Å². The summed E-state index contributed by atoms with van der Waals surface area (Å²) in [6, 6.07) is 0. The van der Waals surface area contributed by atoms with Crippen LogP contribution in [0.5, 0.6) is 0 Å². The molecular weight excluding hydrogens is 170 g/mol. The van der Waals surface area contributed by atoms with Gasteiger partial charge in [0.1, 0.15) is 0 Å². The van der Waals surface area contributed by atoms with Gasteiger partial charge >= 0.3 is 0 Å². The number of amides is 2. The number of aliphatic hydroxyl groups is 1. The van der Waals surface area contributed by atoms with Gasteiger partial charge in [-0.2, -0.15) is 0 Å². The van der Waals surface area contributed by atoms with Crippen LogP contribution in [0.1, 0.15) is 32.6 Å². The van der Waals surface area contributed by atoms with E-state index in [0.717, 1.165) is 0 Å². The zero-order valence-corrected chi connectivity index (χ0v) is 7.82. The van der Waals surface area contributed by atoms with Gasteiger partial charge in [0, 0.05) is 19.4 Å². The minimum atomic E-state index is -0.354. The normalized spacial score (nSPS) is 19.7. The van der Waals surface area contributed by atoms with Crippen LogP contribution in [0, 0.1) is 0 Å². The molecule has 2 amide bonds. The van der Waals surface area contributed by atoms with Crippen molar-refractivity contribution in [2.75, 3.05) is 6.54 Å². The Labute approximate surface area is 77.5 Å². The van der Waals surface area contributed by atoms with Crippen LogP contribution in [-0.4, -0.2) is 34.5 Å². The highest BCUT2D eigenvalue weighted by molar-refractivity contribution is 6.01. The first-order valence-electron chi connectivity index (χ1n) is 4.62. The van der Waals surface area contributed by atoms with Crippen LogP contribution in [-0.2, 0) is 9.59 Å². The van der Waals surface area contributed by atoms with Crippen molar-refractivity contribution in [2.45, 2.75) is 38.7 Å². The van der Waals surface area contributed by atoms with Gasteiger partial charge in [0.05, 0.1) is 6.10 Å². The highest BCUT2D eigenvalue weighted by Crippen LogP contribution is 2.12. The molecule has 1 saturated heterocycles. The molecule has 4 nitrogen and oxygen atoms in total. The van der Waals surface area contributed by atoms with Gasteiger partial charge in [-0.05, 0) is 19.8 Å². The number of hydrogen-bond acceptors (Lipinski definition) is 3. The quantitative estimate of drug-likeness (QED) is 0.641. The summed E-state index contributed by atoms with van der Waals surface area (Å²) < 4.78 is 0. The molecule has 0 bridgehead atoms. The highest BCUT2D eigenvalue weighted by Gasteiger charge is 2.27. The number of carbonyl (C=O) groups is 2. The summed E-state index contributed by atoms with van der Waals surface area (Å²) in [5.74, 6) is -0.147. The van der Waals surface area contributed by atoms with Crippen LogP contribution in [0.2, 0.25) is 0 Å². The minimum Gasteiger partial charge on any atom is -0.393 e. The van der Waals surface area contributed by atoms with Crippen LogP contribution < -0.4 is 0 Å². The lowest BCUT2D eigenvalue weighted by Gasteiger charge is -2.13. The molecule has 1 aliphatic heterocycles. The fraction of sp³-hybridized carbons (Fsp3) is 0.778. The topological polar surface area (TPSA) is 57.6 Å². The SMILES string of the molecule is CC(O)CCCN1C(=O)CCC1=O. The molecule has 1 fully saturated rings. The highest BCUT2D eigenvalue weighted by atomic mass is 16.3. The van der Waals surface area contributed by atoms with Crippen molar-refractivity contribution >= 4 is 11.8 Å². The number of rotatable bonds is 4. The largest absolute Gasteiger partial charge is 0.393 e. The minimum absolute atomic E-state index is 0.0735. The van der Waals surface area contributed by atoms with Gasteiger partial charge in [0.25, 0.3) is 0 Å².